The molecule has 0 amide bonds. The summed E-state index contributed by atoms with van der Waals surface area (Å²) in [6, 6.07) is 26.3. The monoisotopic (exact) mass is 468 g/mol. The number of aryl methyl sites for hydroxylation is 5. The third-order valence-electron chi connectivity index (χ3n) is 6.04. The molecule has 184 valence electrons. The summed E-state index contributed by atoms with van der Waals surface area (Å²) in [5.41, 5.74) is 8.99. The van der Waals surface area contributed by atoms with Crippen LogP contribution in [0.3, 0.4) is 0 Å². The Balaban J connectivity index is 0.000000231. The lowest BCUT2D eigenvalue weighted by atomic mass is 10.0. The predicted octanol–water partition coefficient (Wildman–Crippen LogP) is 10.1. The smallest absolute Gasteiger partial charge is 0.127 e. The van der Waals surface area contributed by atoms with Crippen molar-refractivity contribution in [1.29, 1.82) is 0 Å². The van der Waals surface area contributed by atoms with Gasteiger partial charge in [0.2, 0.25) is 0 Å². The van der Waals surface area contributed by atoms with Crippen LogP contribution in [-0.4, -0.2) is 0 Å². The van der Waals surface area contributed by atoms with E-state index >= 15 is 0 Å². The van der Waals surface area contributed by atoms with E-state index in [0.29, 0.717) is 0 Å². The minimum atomic E-state index is 0.880. The van der Waals surface area contributed by atoms with E-state index in [2.05, 4.69) is 84.9 Å². The van der Waals surface area contributed by atoms with Crippen molar-refractivity contribution in [2.24, 2.45) is 0 Å². The van der Waals surface area contributed by atoms with Crippen LogP contribution in [0.4, 0.5) is 0 Å². The highest BCUT2D eigenvalue weighted by Crippen LogP contribution is 2.27. The second-order valence-corrected chi connectivity index (χ2v) is 8.69. The fourth-order valence-electron chi connectivity index (χ4n) is 3.48. The Kier molecular flexibility index (Phi) is 10.6. The normalized spacial score (nSPS) is 9.86. The van der Waals surface area contributed by atoms with E-state index in [4.69, 9.17) is 9.47 Å². The molecule has 0 aliphatic carbocycles. The molecular weight excluding hydrogens is 428 g/mol. The second-order valence-electron chi connectivity index (χ2n) is 8.69. The zero-order valence-electron chi connectivity index (χ0n) is 22.8. The van der Waals surface area contributed by atoms with E-state index in [1.165, 1.54) is 38.9 Å². The van der Waals surface area contributed by atoms with Crippen LogP contribution in [0.1, 0.15) is 52.8 Å². The molecule has 0 radical (unpaired) electrons. The van der Waals surface area contributed by atoms with Crippen LogP contribution in [0.25, 0.3) is 0 Å². The Morgan fingerprint density at radius 1 is 0.400 bits per heavy atom. The fraction of sp³-hybridized carbons (Fsp3) is 0.273. The fourth-order valence-corrected chi connectivity index (χ4v) is 3.48. The minimum Gasteiger partial charge on any atom is -0.457 e. The van der Waals surface area contributed by atoms with Crippen molar-refractivity contribution in [3.8, 4) is 23.0 Å². The molecule has 4 aromatic rings. The van der Waals surface area contributed by atoms with E-state index < -0.39 is 0 Å². The molecule has 0 atom stereocenters. The van der Waals surface area contributed by atoms with Gasteiger partial charge in [0, 0.05) is 0 Å². The maximum Gasteiger partial charge on any atom is 0.127 e. The van der Waals surface area contributed by atoms with Crippen LogP contribution >= 0.6 is 0 Å². The quantitative estimate of drug-likeness (QED) is 0.296. The Labute approximate surface area is 212 Å². The highest BCUT2D eigenvalue weighted by atomic mass is 16.5. The van der Waals surface area contributed by atoms with Crippen molar-refractivity contribution in [3.05, 3.63) is 118 Å². The van der Waals surface area contributed by atoms with Crippen molar-refractivity contribution < 1.29 is 9.47 Å². The topological polar surface area (TPSA) is 18.5 Å². The van der Waals surface area contributed by atoms with Gasteiger partial charge in [0.05, 0.1) is 0 Å². The number of hydrogen-bond acceptors (Lipinski definition) is 2. The lowest BCUT2D eigenvalue weighted by molar-refractivity contribution is 0.481. The summed E-state index contributed by atoms with van der Waals surface area (Å²) in [4.78, 5) is 0. The highest BCUT2D eigenvalue weighted by Gasteiger charge is 2.04. The molecule has 0 bridgehead atoms. The standard InChI is InChI=1S/C16H18O.C15H16O.C2H6/c1-11-5-7-15(8-6-11)17-16-9-12(2)14(4)13(3)10-16;1-11-9-15(10-12(2)13(11)3)16-14-7-5-4-6-8-14;1-2/h5-10H,1-4H3;4-10H,1-3H3;1-2H3. The molecule has 0 aliphatic rings. The van der Waals surface area contributed by atoms with Gasteiger partial charge in [0.25, 0.3) is 0 Å². The molecule has 0 fully saturated rings. The zero-order valence-corrected chi connectivity index (χ0v) is 22.8. The molecule has 0 spiro atoms. The summed E-state index contributed by atoms with van der Waals surface area (Å²) in [5, 5.41) is 0. The number of benzene rings is 4. The maximum atomic E-state index is 5.85. The third-order valence-corrected chi connectivity index (χ3v) is 6.04. The molecular formula is C33H40O2. The number of ether oxygens (including phenoxy) is 2. The first-order valence-electron chi connectivity index (χ1n) is 12.4. The molecule has 0 aliphatic heterocycles. The maximum absolute atomic E-state index is 5.85. The van der Waals surface area contributed by atoms with E-state index in [0.717, 1.165) is 23.0 Å². The average Bonchev–Trinajstić information content (AvgIpc) is 2.85. The van der Waals surface area contributed by atoms with Gasteiger partial charge in [-0.25, -0.2) is 0 Å². The van der Waals surface area contributed by atoms with Crippen molar-refractivity contribution in [2.45, 2.75) is 62.3 Å². The molecule has 2 nitrogen and oxygen atoms in total. The zero-order chi connectivity index (χ0) is 26.0. The molecule has 0 heterocycles. The summed E-state index contributed by atoms with van der Waals surface area (Å²) in [6.07, 6.45) is 0. The molecule has 0 unspecified atom stereocenters. The summed E-state index contributed by atoms with van der Waals surface area (Å²) in [7, 11) is 0. The summed E-state index contributed by atoms with van der Waals surface area (Å²) >= 11 is 0. The lowest BCUT2D eigenvalue weighted by Crippen LogP contribution is -1.90. The molecule has 0 saturated heterocycles. The summed E-state index contributed by atoms with van der Waals surface area (Å²) in [6.45, 7) is 18.8. The molecule has 0 N–H and O–H groups in total. The lowest BCUT2D eigenvalue weighted by Gasteiger charge is -2.10. The first kappa shape index (κ1) is 27.7. The molecule has 4 rings (SSSR count). The molecule has 0 aromatic heterocycles. The van der Waals surface area contributed by atoms with Crippen molar-refractivity contribution in [3.63, 3.8) is 0 Å². The van der Waals surface area contributed by atoms with Gasteiger partial charge in [-0.05, 0) is 130 Å². The van der Waals surface area contributed by atoms with E-state index in [1.807, 2.05) is 56.3 Å². The average molecular weight is 469 g/mol. The molecule has 2 heteroatoms. The Hall–Kier alpha value is -3.52. The van der Waals surface area contributed by atoms with E-state index in [1.54, 1.807) is 0 Å². The number of para-hydroxylation sites is 1. The van der Waals surface area contributed by atoms with Gasteiger partial charge in [-0.2, -0.15) is 0 Å². The number of rotatable bonds is 4. The van der Waals surface area contributed by atoms with Crippen molar-refractivity contribution >= 4 is 0 Å². The van der Waals surface area contributed by atoms with Crippen LogP contribution in [0.5, 0.6) is 23.0 Å². The molecule has 0 saturated carbocycles. The van der Waals surface area contributed by atoms with Gasteiger partial charge in [0.15, 0.2) is 0 Å². The van der Waals surface area contributed by atoms with Gasteiger partial charge < -0.3 is 9.47 Å². The van der Waals surface area contributed by atoms with E-state index in [-0.39, 0.29) is 0 Å². The predicted molar refractivity (Wildman–Crippen MR) is 150 cm³/mol. The van der Waals surface area contributed by atoms with Crippen molar-refractivity contribution in [2.75, 3.05) is 0 Å². The molecule has 4 aromatic carbocycles. The van der Waals surface area contributed by atoms with Crippen LogP contribution < -0.4 is 9.47 Å². The van der Waals surface area contributed by atoms with Crippen molar-refractivity contribution in [1.82, 2.24) is 0 Å². The van der Waals surface area contributed by atoms with Crippen LogP contribution in [0, 0.1) is 48.5 Å². The van der Waals surface area contributed by atoms with Crippen LogP contribution in [-0.2, 0) is 0 Å². The Morgan fingerprint density at radius 2 is 0.743 bits per heavy atom. The minimum absolute atomic E-state index is 0.880. The SMILES string of the molecule is CC.Cc1cc(Oc2ccccc2)cc(C)c1C.Cc1ccc(Oc2cc(C)c(C)c(C)c2)cc1. The number of hydrogen-bond donors (Lipinski definition) is 0. The third kappa shape index (κ3) is 8.33. The van der Waals surface area contributed by atoms with Gasteiger partial charge in [-0.3, -0.25) is 0 Å². The second kappa shape index (κ2) is 13.4. The van der Waals surface area contributed by atoms with Gasteiger partial charge in [0.1, 0.15) is 23.0 Å². The first-order valence-corrected chi connectivity index (χ1v) is 12.4. The largest absolute Gasteiger partial charge is 0.457 e. The van der Waals surface area contributed by atoms with Gasteiger partial charge >= 0.3 is 0 Å². The summed E-state index contributed by atoms with van der Waals surface area (Å²) < 4.78 is 11.6. The Morgan fingerprint density at radius 3 is 1.11 bits per heavy atom. The van der Waals surface area contributed by atoms with Crippen LogP contribution in [0.15, 0.2) is 78.9 Å². The first-order chi connectivity index (χ1) is 16.7. The van der Waals surface area contributed by atoms with Gasteiger partial charge in [-0.1, -0.05) is 49.7 Å². The van der Waals surface area contributed by atoms with E-state index in [9.17, 15) is 0 Å². The Bertz CT molecular complexity index is 1160. The van der Waals surface area contributed by atoms with Crippen LogP contribution in [0.2, 0.25) is 0 Å². The molecule has 35 heavy (non-hydrogen) atoms. The highest BCUT2D eigenvalue weighted by molar-refractivity contribution is 5.43. The van der Waals surface area contributed by atoms with Gasteiger partial charge in [-0.15, -0.1) is 0 Å². The summed E-state index contributed by atoms with van der Waals surface area (Å²) in [5.74, 6) is 3.59.